The molecule has 0 radical (unpaired) electrons. The zero-order valence-corrected chi connectivity index (χ0v) is 25.2. The Hall–Kier alpha value is -3.42. The highest BCUT2D eigenvalue weighted by Gasteiger charge is 2.73. The average Bonchev–Trinajstić information content (AvgIpc) is 3.61. The largest absolute Gasteiger partial charge is 0.430 e. The summed E-state index contributed by atoms with van der Waals surface area (Å²) in [6.07, 6.45) is -10.9. The van der Waals surface area contributed by atoms with E-state index in [1.165, 1.54) is 37.3 Å². The Bertz CT molecular complexity index is 1750. The molecule has 0 aliphatic heterocycles. The monoisotopic (exact) mass is 674 g/mol. The molecule has 45 heavy (non-hydrogen) atoms. The lowest BCUT2D eigenvalue weighted by atomic mass is 9.88. The quantitative estimate of drug-likeness (QED) is 0.139. The molecule has 0 amide bonds. The summed E-state index contributed by atoms with van der Waals surface area (Å²) in [5, 5.41) is 4.54. The van der Waals surface area contributed by atoms with Gasteiger partial charge in [0, 0.05) is 10.6 Å². The van der Waals surface area contributed by atoms with E-state index in [0.717, 1.165) is 41.1 Å². The van der Waals surface area contributed by atoms with Crippen LogP contribution in [0.25, 0.3) is 5.69 Å². The second-order valence-electron chi connectivity index (χ2n) is 10.9. The van der Waals surface area contributed by atoms with Crippen LogP contribution in [0.15, 0.2) is 83.8 Å². The number of hydrogen-bond acceptors (Lipinski definition) is 4. The van der Waals surface area contributed by atoms with Gasteiger partial charge in [0.1, 0.15) is 10.6 Å². The third kappa shape index (κ3) is 5.74. The minimum atomic E-state index is -5.97. The molecule has 0 atom stereocenters. The highest BCUT2D eigenvalue weighted by atomic mass is 35.5. The average molecular weight is 675 g/mol. The molecule has 0 spiro atoms. The van der Waals surface area contributed by atoms with E-state index in [-0.39, 0.29) is 29.0 Å². The van der Waals surface area contributed by atoms with Crippen molar-refractivity contribution >= 4 is 21.4 Å². The first-order valence-electron chi connectivity index (χ1n) is 13.7. The van der Waals surface area contributed by atoms with Gasteiger partial charge in [-0.3, -0.25) is 0 Å². The molecule has 1 saturated carbocycles. The van der Waals surface area contributed by atoms with Gasteiger partial charge >= 0.3 is 12.4 Å². The molecule has 0 saturated heterocycles. The first kappa shape index (κ1) is 33.0. The topological polar surface area (TPSA) is 61.2 Å². The van der Waals surface area contributed by atoms with E-state index in [9.17, 15) is 39.2 Å². The molecule has 1 heterocycles. The smallest absolute Gasteiger partial charge is 0.347 e. The number of halogens is 8. The number of sulfone groups is 1. The van der Waals surface area contributed by atoms with E-state index >= 15 is 0 Å². The molecule has 14 heteroatoms. The maximum Gasteiger partial charge on any atom is 0.430 e. The van der Waals surface area contributed by atoms with E-state index in [1.54, 1.807) is 0 Å². The van der Waals surface area contributed by atoms with E-state index in [2.05, 4.69) is 5.10 Å². The fourth-order valence-corrected chi connectivity index (χ4v) is 8.23. The Balaban J connectivity index is 1.56. The second kappa shape index (κ2) is 11.7. The third-order valence-electron chi connectivity index (χ3n) is 8.08. The molecule has 1 aromatic heterocycles. The van der Waals surface area contributed by atoms with Crippen LogP contribution < -0.4 is 0 Å². The van der Waals surface area contributed by atoms with E-state index < -0.39 is 50.5 Å². The summed E-state index contributed by atoms with van der Waals surface area (Å²) in [5.41, 5.74) is -5.43. The third-order valence-corrected chi connectivity index (χ3v) is 10.9. The lowest BCUT2D eigenvalue weighted by molar-refractivity contribution is -0.392. The summed E-state index contributed by atoms with van der Waals surface area (Å²) < 4.78 is 133. The van der Waals surface area contributed by atoms with Crippen LogP contribution in [-0.2, 0) is 31.5 Å². The van der Waals surface area contributed by atoms with Gasteiger partial charge in [0.15, 0.2) is 9.84 Å². The van der Waals surface area contributed by atoms with E-state index in [1.807, 2.05) is 0 Å². The Morgan fingerprint density at radius 3 is 1.96 bits per heavy atom. The fourth-order valence-electron chi connectivity index (χ4n) is 5.89. The summed E-state index contributed by atoms with van der Waals surface area (Å²) in [5.74, 6) is -0.666. The van der Waals surface area contributed by atoms with Crippen LogP contribution in [0.1, 0.15) is 48.2 Å². The molecule has 5 nitrogen and oxygen atoms in total. The molecule has 3 aromatic carbocycles. The first-order valence-corrected chi connectivity index (χ1v) is 15.6. The molecule has 0 bridgehead atoms. The van der Waals surface area contributed by atoms with E-state index in [4.69, 9.17) is 16.3 Å². The molecule has 1 aliphatic carbocycles. The van der Waals surface area contributed by atoms with Crippen molar-refractivity contribution < 1.29 is 43.9 Å². The number of ether oxygens (including phenoxy) is 1. The normalized spacial score (nSPS) is 15.8. The number of rotatable bonds is 8. The Morgan fingerprint density at radius 1 is 0.867 bits per heavy atom. The van der Waals surface area contributed by atoms with Crippen LogP contribution in [0.5, 0.6) is 0 Å². The van der Waals surface area contributed by atoms with Gasteiger partial charge in [0.25, 0.3) is 5.60 Å². The van der Waals surface area contributed by atoms with Crippen LogP contribution in [0.3, 0.4) is 0 Å². The lowest BCUT2D eigenvalue weighted by Crippen LogP contribution is -2.56. The summed E-state index contributed by atoms with van der Waals surface area (Å²) in [7, 11) is -4.21. The van der Waals surface area contributed by atoms with Crippen LogP contribution in [0, 0.1) is 12.7 Å². The van der Waals surface area contributed by atoms with Crippen molar-refractivity contribution in [1.29, 1.82) is 0 Å². The molecule has 0 unspecified atom stereocenters. The molecular formula is C31H26ClF7N2O3S. The maximum atomic E-state index is 14.6. The fraction of sp³-hybridized carbons (Fsp3) is 0.323. The van der Waals surface area contributed by atoms with Gasteiger partial charge in [-0.1, -0.05) is 48.7 Å². The molecule has 4 aromatic rings. The first-order chi connectivity index (χ1) is 21.0. The van der Waals surface area contributed by atoms with Gasteiger partial charge in [-0.05, 0) is 79.9 Å². The van der Waals surface area contributed by atoms with Crippen LogP contribution >= 0.6 is 11.6 Å². The van der Waals surface area contributed by atoms with Crippen molar-refractivity contribution in [3.8, 4) is 5.69 Å². The molecule has 1 fully saturated rings. The highest BCUT2D eigenvalue weighted by Crippen LogP contribution is 2.54. The zero-order chi connectivity index (χ0) is 32.8. The summed E-state index contributed by atoms with van der Waals surface area (Å²) in [6, 6.07) is 14.5. The minimum Gasteiger partial charge on any atom is -0.347 e. The Morgan fingerprint density at radius 2 is 1.42 bits per heavy atom. The van der Waals surface area contributed by atoms with Gasteiger partial charge in [-0.15, -0.1) is 0 Å². The van der Waals surface area contributed by atoms with Crippen molar-refractivity contribution in [2.24, 2.45) is 0 Å². The predicted molar refractivity (Wildman–Crippen MR) is 152 cm³/mol. The molecule has 1 aliphatic rings. The molecular weight excluding hydrogens is 649 g/mol. The van der Waals surface area contributed by atoms with Crippen LogP contribution in [0.4, 0.5) is 30.7 Å². The van der Waals surface area contributed by atoms with E-state index in [0.29, 0.717) is 41.4 Å². The Kier molecular flexibility index (Phi) is 8.60. The number of alkyl halides is 6. The molecule has 0 N–H and O–H groups in total. The molecule has 240 valence electrons. The maximum absolute atomic E-state index is 14.6. The number of hydrogen-bond donors (Lipinski definition) is 0. The number of benzene rings is 3. The Labute approximate surface area is 259 Å². The second-order valence-corrected chi connectivity index (χ2v) is 13.6. The highest BCUT2D eigenvalue weighted by molar-refractivity contribution is 7.92. The van der Waals surface area contributed by atoms with Crippen LogP contribution in [-0.4, -0.2) is 30.6 Å². The van der Waals surface area contributed by atoms with Crippen molar-refractivity contribution in [1.82, 2.24) is 9.78 Å². The van der Waals surface area contributed by atoms with Crippen molar-refractivity contribution in [2.75, 3.05) is 0 Å². The standard InChI is InChI=1S/C31H26ClF7N2O3S/c1-20-18-26(41(40-20)25-12-8-23(32)9-13-25)19-44-29(30(34,35)36,31(37,38)39)22-6-4-21(5-7-22)28(16-2-3-17-28)45(42,43)27-14-10-24(33)11-15-27/h4-15,18H,2-3,16-17,19H2,1H3. The van der Waals surface area contributed by atoms with Crippen molar-refractivity contribution in [2.45, 2.75) is 66.8 Å². The predicted octanol–water partition coefficient (Wildman–Crippen LogP) is 8.75. The molecule has 5 rings (SSSR count). The summed E-state index contributed by atoms with van der Waals surface area (Å²) in [6.45, 7) is 0.390. The van der Waals surface area contributed by atoms with Gasteiger partial charge in [-0.25, -0.2) is 17.5 Å². The SMILES string of the molecule is Cc1cc(COC(c2ccc(C3(S(=O)(=O)c4ccc(F)cc4)CCCC3)cc2)(C(F)(F)F)C(F)(F)F)n(-c2ccc(Cl)cc2)n1. The van der Waals surface area contributed by atoms with Crippen molar-refractivity contribution in [3.63, 3.8) is 0 Å². The minimum absolute atomic E-state index is 0.0303. The summed E-state index contributed by atoms with van der Waals surface area (Å²) >= 11 is 5.90. The van der Waals surface area contributed by atoms with Crippen LogP contribution in [0.2, 0.25) is 5.02 Å². The lowest BCUT2D eigenvalue weighted by Gasteiger charge is -2.38. The number of aryl methyl sites for hydroxylation is 1. The van der Waals surface area contributed by atoms with Gasteiger partial charge in [0.05, 0.1) is 28.6 Å². The number of aromatic nitrogens is 2. The van der Waals surface area contributed by atoms with Gasteiger partial charge < -0.3 is 4.74 Å². The van der Waals surface area contributed by atoms with Crippen molar-refractivity contribution in [3.05, 3.63) is 112 Å². The number of nitrogens with zero attached hydrogens (tertiary/aromatic N) is 2. The zero-order valence-electron chi connectivity index (χ0n) is 23.6. The van der Waals surface area contributed by atoms with Gasteiger partial charge in [0.2, 0.25) is 0 Å². The van der Waals surface area contributed by atoms with Gasteiger partial charge in [-0.2, -0.15) is 31.4 Å². The summed E-state index contributed by atoms with van der Waals surface area (Å²) in [4.78, 5) is -0.203.